The van der Waals surface area contributed by atoms with Crippen molar-refractivity contribution >= 4 is 15.9 Å². The van der Waals surface area contributed by atoms with Crippen molar-refractivity contribution in [3.63, 3.8) is 0 Å². The summed E-state index contributed by atoms with van der Waals surface area (Å²) in [5.41, 5.74) is 0. The Balaban J connectivity index is 0.000000461. The Labute approximate surface area is 75.7 Å². The zero-order valence-corrected chi connectivity index (χ0v) is 8.55. The Morgan fingerprint density at radius 3 is 2.45 bits per heavy atom. The van der Waals surface area contributed by atoms with Crippen LogP contribution in [0.25, 0.3) is 0 Å². The maximum atomic E-state index is 4.94. The lowest BCUT2D eigenvalue weighted by molar-refractivity contribution is 0.410. The third-order valence-corrected chi connectivity index (χ3v) is 1.54. The summed E-state index contributed by atoms with van der Waals surface area (Å²) in [6.07, 6.45) is 1.70. The molecule has 0 N–H and O–H groups in total. The molecule has 1 aromatic heterocycles. The van der Waals surface area contributed by atoms with Gasteiger partial charge in [0.1, 0.15) is 4.60 Å². The van der Waals surface area contributed by atoms with E-state index in [0.717, 1.165) is 10.4 Å². The molecule has 1 aromatic rings. The van der Waals surface area contributed by atoms with Gasteiger partial charge in [0.15, 0.2) is 5.75 Å². The Hall–Kier alpha value is -0.570. The summed E-state index contributed by atoms with van der Waals surface area (Å²) in [4.78, 5) is 3.94. The highest BCUT2D eigenvalue weighted by Gasteiger charge is 1.94. The maximum Gasteiger partial charge on any atom is 0.151 e. The standard InChI is InChI=1S/C6H6BrNO.C2H6/c1-9-5-3-2-4-8-6(5)7;1-2/h2-4H,1H3;1-2H3. The summed E-state index contributed by atoms with van der Waals surface area (Å²) in [6, 6.07) is 3.67. The Morgan fingerprint density at radius 2 is 2.09 bits per heavy atom. The lowest BCUT2D eigenvalue weighted by atomic mass is 10.5. The van der Waals surface area contributed by atoms with E-state index in [9.17, 15) is 0 Å². The van der Waals surface area contributed by atoms with Crippen LogP contribution in [-0.2, 0) is 0 Å². The molecule has 0 spiro atoms. The van der Waals surface area contributed by atoms with Gasteiger partial charge in [-0.1, -0.05) is 13.8 Å². The van der Waals surface area contributed by atoms with E-state index < -0.39 is 0 Å². The van der Waals surface area contributed by atoms with E-state index in [4.69, 9.17) is 4.74 Å². The van der Waals surface area contributed by atoms with Crippen LogP contribution in [0.15, 0.2) is 22.9 Å². The van der Waals surface area contributed by atoms with Gasteiger partial charge in [-0.05, 0) is 28.1 Å². The van der Waals surface area contributed by atoms with Crippen LogP contribution < -0.4 is 4.74 Å². The molecule has 2 nitrogen and oxygen atoms in total. The van der Waals surface area contributed by atoms with Crippen molar-refractivity contribution in [3.05, 3.63) is 22.9 Å². The quantitative estimate of drug-likeness (QED) is 0.676. The van der Waals surface area contributed by atoms with Crippen molar-refractivity contribution in [1.29, 1.82) is 0 Å². The summed E-state index contributed by atoms with van der Waals surface area (Å²) in [5.74, 6) is 0.762. The number of ether oxygens (including phenoxy) is 1. The summed E-state index contributed by atoms with van der Waals surface area (Å²) < 4.78 is 5.68. The van der Waals surface area contributed by atoms with E-state index >= 15 is 0 Å². The first kappa shape index (κ1) is 10.4. The second-order valence-electron chi connectivity index (χ2n) is 1.50. The first-order valence-corrected chi connectivity index (χ1v) is 4.28. The maximum absolute atomic E-state index is 4.94. The number of methoxy groups -OCH3 is 1. The molecule has 0 atom stereocenters. The van der Waals surface area contributed by atoms with Crippen LogP contribution in [0.2, 0.25) is 0 Å². The molecule has 0 radical (unpaired) electrons. The molecule has 62 valence electrons. The molecule has 0 amide bonds. The van der Waals surface area contributed by atoms with E-state index in [-0.39, 0.29) is 0 Å². The van der Waals surface area contributed by atoms with Crippen molar-refractivity contribution in [2.45, 2.75) is 13.8 Å². The minimum absolute atomic E-state index is 0.743. The lowest BCUT2D eigenvalue weighted by Crippen LogP contribution is -1.84. The molecule has 0 aliphatic carbocycles. The molecule has 0 aliphatic heterocycles. The zero-order valence-electron chi connectivity index (χ0n) is 6.97. The van der Waals surface area contributed by atoms with E-state index in [1.54, 1.807) is 13.3 Å². The number of hydrogen-bond acceptors (Lipinski definition) is 2. The van der Waals surface area contributed by atoms with Gasteiger partial charge < -0.3 is 4.74 Å². The topological polar surface area (TPSA) is 22.1 Å². The molecule has 0 saturated carbocycles. The highest BCUT2D eigenvalue weighted by atomic mass is 79.9. The number of rotatable bonds is 1. The van der Waals surface area contributed by atoms with Gasteiger partial charge in [-0.25, -0.2) is 4.98 Å². The SMILES string of the molecule is CC.COc1cccnc1Br. The Bertz CT molecular complexity index is 203. The van der Waals surface area contributed by atoms with Crippen molar-refractivity contribution in [2.24, 2.45) is 0 Å². The van der Waals surface area contributed by atoms with E-state index in [1.807, 2.05) is 26.0 Å². The van der Waals surface area contributed by atoms with Crippen LogP contribution in [0.1, 0.15) is 13.8 Å². The van der Waals surface area contributed by atoms with Gasteiger partial charge in [0.25, 0.3) is 0 Å². The second kappa shape index (κ2) is 6.16. The number of hydrogen-bond donors (Lipinski definition) is 0. The Morgan fingerprint density at radius 1 is 1.45 bits per heavy atom. The van der Waals surface area contributed by atoms with Gasteiger partial charge in [0.2, 0.25) is 0 Å². The van der Waals surface area contributed by atoms with E-state index in [1.165, 1.54) is 0 Å². The summed E-state index contributed by atoms with van der Waals surface area (Å²) >= 11 is 3.22. The molecule has 3 heteroatoms. The molecule has 0 fully saturated rings. The lowest BCUT2D eigenvalue weighted by Gasteiger charge is -1.98. The van der Waals surface area contributed by atoms with Crippen LogP contribution in [0.4, 0.5) is 0 Å². The summed E-state index contributed by atoms with van der Waals surface area (Å²) in [5, 5.41) is 0. The number of nitrogens with zero attached hydrogens (tertiary/aromatic N) is 1. The fraction of sp³-hybridized carbons (Fsp3) is 0.375. The van der Waals surface area contributed by atoms with Crippen LogP contribution in [0, 0.1) is 0 Å². The molecule has 0 aliphatic rings. The van der Waals surface area contributed by atoms with Crippen molar-refractivity contribution in [1.82, 2.24) is 4.98 Å². The van der Waals surface area contributed by atoms with Crippen LogP contribution >= 0.6 is 15.9 Å². The van der Waals surface area contributed by atoms with Gasteiger partial charge >= 0.3 is 0 Å². The molecule has 11 heavy (non-hydrogen) atoms. The van der Waals surface area contributed by atoms with Crippen LogP contribution in [0.3, 0.4) is 0 Å². The largest absolute Gasteiger partial charge is 0.494 e. The average Bonchev–Trinajstić information content (AvgIpc) is 2.09. The van der Waals surface area contributed by atoms with Crippen LogP contribution in [0.5, 0.6) is 5.75 Å². The molecule has 0 bridgehead atoms. The molecule has 1 heterocycles. The van der Waals surface area contributed by atoms with Gasteiger partial charge in [0.05, 0.1) is 7.11 Å². The van der Waals surface area contributed by atoms with Gasteiger partial charge in [-0.15, -0.1) is 0 Å². The normalized spacial score (nSPS) is 8.00. The third kappa shape index (κ3) is 3.37. The molecule has 0 saturated heterocycles. The number of aromatic nitrogens is 1. The predicted molar refractivity (Wildman–Crippen MR) is 49.8 cm³/mol. The minimum atomic E-state index is 0.743. The minimum Gasteiger partial charge on any atom is -0.494 e. The van der Waals surface area contributed by atoms with Crippen molar-refractivity contribution in [2.75, 3.05) is 7.11 Å². The highest BCUT2D eigenvalue weighted by Crippen LogP contribution is 2.19. The average molecular weight is 218 g/mol. The zero-order chi connectivity index (χ0) is 8.69. The van der Waals surface area contributed by atoms with Gasteiger partial charge in [0, 0.05) is 6.20 Å². The molecule has 0 aromatic carbocycles. The molecule has 1 rings (SSSR count). The Kier molecular flexibility index (Phi) is 5.84. The van der Waals surface area contributed by atoms with Crippen molar-refractivity contribution < 1.29 is 4.74 Å². The smallest absolute Gasteiger partial charge is 0.151 e. The van der Waals surface area contributed by atoms with Gasteiger partial charge in [-0.3, -0.25) is 0 Å². The fourth-order valence-electron chi connectivity index (χ4n) is 0.524. The molecular formula is C8H12BrNO. The molecular weight excluding hydrogens is 206 g/mol. The fourth-order valence-corrected chi connectivity index (χ4v) is 0.936. The monoisotopic (exact) mass is 217 g/mol. The van der Waals surface area contributed by atoms with E-state index in [0.29, 0.717) is 0 Å². The predicted octanol–water partition coefficient (Wildman–Crippen LogP) is 2.88. The molecule has 0 unspecified atom stereocenters. The third-order valence-electron chi connectivity index (χ3n) is 0.945. The first-order valence-electron chi connectivity index (χ1n) is 3.49. The number of pyridine rings is 1. The summed E-state index contributed by atoms with van der Waals surface area (Å²) in [7, 11) is 1.61. The van der Waals surface area contributed by atoms with Crippen LogP contribution in [-0.4, -0.2) is 12.1 Å². The van der Waals surface area contributed by atoms with Crippen molar-refractivity contribution in [3.8, 4) is 5.75 Å². The van der Waals surface area contributed by atoms with E-state index in [2.05, 4.69) is 20.9 Å². The summed E-state index contributed by atoms with van der Waals surface area (Å²) in [6.45, 7) is 4.00. The highest BCUT2D eigenvalue weighted by molar-refractivity contribution is 9.10. The second-order valence-corrected chi connectivity index (χ2v) is 2.25. The number of halogens is 1. The first-order chi connectivity index (χ1) is 5.34. The van der Waals surface area contributed by atoms with Gasteiger partial charge in [-0.2, -0.15) is 0 Å².